The number of hydrogen-bond acceptors (Lipinski definition) is 17. The number of amides is 1. The molecule has 2 aliphatic rings. The maximum absolute atomic E-state index is 13.9. The SMILES string of the molecule is C.C.CC.COc1cc2c(cc1-c1c(C)noc1C)[nH]c1nc(C)nc(-c3cc(C(=O)N4CCN(CCO)CC4)cc(C(C)(C)C)c3)c12.COc1cc2c(cc1-c1c(C)noc1C)[nH]c1nc(C)nc(-c3cc(C(=O)O)cc(C(C)(C)C)c3)c12.OCCN1CCCCC1.[3H][B]O. The van der Waals surface area contributed by atoms with E-state index < -0.39 is 5.97 Å². The first-order valence-electron chi connectivity index (χ1n) is 32.4. The van der Waals surface area contributed by atoms with Gasteiger partial charge in [0.05, 0.1) is 77.7 Å². The number of β-amino-alcohol motifs (C(OH)–C–C–N with tert-alkyl or cyclic N) is 2. The molecule has 8 heterocycles. The van der Waals surface area contributed by atoms with E-state index in [1.54, 1.807) is 26.4 Å². The number of piperidine rings is 1. The van der Waals surface area contributed by atoms with Crippen LogP contribution in [0, 0.1) is 41.5 Å². The van der Waals surface area contributed by atoms with Crippen LogP contribution >= 0.6 is 0 Å². The van der Waals surface area contributed by atoms with E-state index in [1.165, 1.54) is 32.4 Å². The number of methoxy groups -OCH3 is 2. The number of carboxylic acid groups (broad SMARTS) is 1. The van der Waals surface area contributed by atoms with Crippen molar-refractivity contribution in [1.29, 1.82) is 1.34 Å². The number of aryl methyl sites for hydroxylation is 6. The number of carboxylic acids is 1. The lowest BCUT2D eigenvalue weighted by molar-refractivity contribution is 0.0614. The number of likely N-dealkylation sites (tertiary alicyclic amines) is 1. The third kappa shape index (κ3) is 16.6. The quantitative estimate of drug-likeness (QED) is 0.0620. The van der Waals surface area contributed by atoms with Gasteiger partial charge in [-0.25, -0.2) is 24.7 Å². The van der Waals surface area contributed by atoms with E-state index in [0.29, 0.717) is 72.1 Å². The second-order valence-corrected chi connectivity index (χ2v) is 25.4. The molecule has 1 radical (unpaired) electrons. The van der Waals surface area contributed by atoms with E-state index in [9.17, 15) is 19.8 Å². The molecular weight excluding hydrogens is 1200 g/mol. The molecule has 0 aliphatic carbocycles. The molecule has 0 spiro atoms. The van der Waals surface area contributed by atoms with Gasteiger partial charge in [-0.3, -0.25) is 9.69 Å². The van der Waals surface area contributed by atoms with E-state index in [1.807, 2.05) is 96.7 Å². The van der Waals surface area contributed by atoms with Gasteiger partial charge in [-0.2, -0.15) is 0 Å². The maximum Gasteiger partial charge on any atom is 0.335 e. The highest BCUT2D eigenvalue weighted by Gasteiger charge is 2.29. The molecule has 2 aliphatic heterocycles. The number of benzene rings is 4. The summed E-state index contributed by atoms with van der Waals surface area (Å²) < 4.78 is 28.2. The molecule has 0 bridgehead atoms. The second-order valence-electron chi connectivity index (χ2n) is 25.4. The number of fused-ring (bicyclic) bond motifs is 6. The van der Waals surface area contributed by atoms with E-state index in [2.05, 4.69) is 88.7 Å². The lowest BCUT2D eigenvalue weighted by atomic mass is 9.84. The largest absolute Gasteiger partial charge is 0.496 e. The smallest absolute Gasteiger partial charge is 0.335 e. The zero-order chi connectivity index (χ0) is 68.5. The summed E-state index contributed by atoms with van der Waals surface area (Å²) in [7, 11) is 3.54. The average molecular weight is 1300 g/mol. The molecule has 22 heteroatoms. The van der Waals surface area contributed by atoms with Gasteiger partial charge in [0, 0.05) is 90.2 Å². The Hall–Kier alpha value is -8.54. The summed E-state index contributed by atoms with van der Waals surface area (Å²) in [4.78, 5) is 58.4. The molecule has 2 saturated heterocycles. The first-order valence-corrected chi connectivity index (χ1v) is 31.8. The van der Waals surface area contributed by atoms with Crippen molar-refractivity contribution in [3.8, 4) is 56.3 Å². The number of H-pyrrole nitrogens is 2. The van der Waals surface area contributed by atoms with Gasteiger partial charge in [-0.1, -0.05) is 87.0 Å². The number of nitrogens with zero attached hydrogens (tertiary/aromatic N) is 9. The van der Waals surface area contributed by atoms with E-state index in [0.717, 1.165) is 125 Å². The Kier molecular flexibility index (Phi) is 25.1. The highest BCUT2D eigenvalue weighted by atomic mass is 16.5. The van der Waals surface area contributed by atoms with Crippen molar-refractivity contribution in [1.82, 2.24) is 54.9 Å². The molecular formula is C73H99BN11O10. The van der Waals surface area contributed by atoms with Gasteiger partial charge < -0.3 is 58.6 Å². The number of rotatable bonds is 12. The third-order valence-corrected chi connectivity index (χ3v) is 17.0. The fourth-order valence-corrected chi connectivity index (χ4v) is 12.2. The highest BCUT2D eigenvalue weighted by Crippen LogP contribution is 2.44. The van der Waals surface area contributed by atoms with Crippen LogP contribution in [0.5, 0.6) is 11.5 Å². The molecule has 0 saturated carbocycles. The number of aromatic nitrogens is 8. The van der Waals surface area contributed by atoms with Crippen LogP contribution in [-0.4, -0.2) is 176 Å². The molecule has 4 aromatic carbocycles. The van der Waals surface area contributed by atoms with Gasteiger partial charge in [0.2, 0.25) is 0 Å². The summed E-state index contributed by atoms with van der Waals surface area (Å²) in [5, 5.41) is 46.5. The maximum atomic E-state index is 13.9. The Morgan fingerprint density at radius 3 is 1.36 bits per heavy atom. The minimum Gasteiger partial charge on any atom is -0.496 e. The van der Waals surface area contributed by atoms with Crippen LogP contribution < -0.4 is 9.47 Å². The average Bonchev–Trinajstić information content (AvgIpc) is 1.55. The number of hydrogen-bond donors (Lipinski definition) is 6. The third-order valence-electron chi connectivity index (χ3n) is 17.0. The minimum absolute atomic E-state index is 0. The Balaban J connectivity index is 0.000000252. The molecule has 509 valence electrons. The van der Waals surface area contributed by atoms with E-state index >= 15 is 0 Å². The first-order chi connectivity index (χ1) is 44.8. The molecule has 95 heavy (non-hydrogen) atoms. The van der Waals surface area contributed by atoms with Gasteiger partial charge in [0.25, 0.3) is 13.9 Å². The molecule has 6 aromatic heterocycles. The van der Waals surface area contributed by atoms with Crippen molar-refractivity contribution in [3.63, 3.8) is 0 Å². The van der Waals surface area contributed by atoms with Crippen molar-refractivity contribution in [2.24, 2.45) is 0 Å². The first kappa shape index (κ1) is 73.9. The molecule has 0 atom stereocenters. The zero-order valence-electron chi connectivity index (χ0n) is 57.8. The molecule has 10 aromatic rings. The number of carbonyl (C=O) groups excluding carboxylic acids is 1. The van der Waals surface area contributed by atoms with Gasteiger partial charge in [-0.05, 0) is 150 Å². The fraction of sp³-hybridized carbons (Fsp3) is 0.452. The lowest BCUT2D eigenvalue weighted by Gasteiger charge is -2.34. The minimum atomic E-state index is -0.978. The zero-order valence-corrected chi connectivity index (χ0v) is 56.8. The van der Waals surface area contributed by atoms with Crippen molar-refractivity contribution in [3.05, 3.63) is 117 Å². The molecule has 0 unspecified atom stereocenters. The van der Waals surface area contributed by atoms with Crippen molar-refractivity contribution >= 4 is 63.8 Å². The highest BCUT2D eigenvalue weighted by molar-refractivity contribution is 6.15. The standard InChI is InChI=1S/C34H40N6O4.C28H28N4O4.C7H15NO.C2H6.2CH4.BH2O/c1-19-29(20(2)44-38-19)26-17-27-25(18-28(26)43-7)30-31(35-21(3)36-32(30)37-27)22-14-23(16-24(15-22)34(4,5)6)33(42)40-10-8-39(9-11-40)12-13-41;1-13-23(14(2)36-32-13)20-11-21-19(12-22(20)35-7)24-25(29-15(3)30-26(24)31-21)16-8-17(27(33)34)10-18(9-16)28(4,5)6;9-7-6-8-4-2-1-3-5-8;1-2;;;1-2/h14-18,41H,8-13H2,1-7H3,(H,35,36,37);8-12H,1-7H3,(H,33,34)(H,29,30,31);9H,1-7H2;1-2H3;2*1H4;1-2H/i;;;;;;1T. The Morgan fingerprint density at radius 2 is 0.989 bits per heavy atom. The normalized spacial score (nSPS) is 13.6. The molecule has 6 N–H and O–H groups in total. The van der Waals surface area contributed by atoms with Crippen LogP contribution in [0.15, 0.2) is 69.7 Å². The number of nitrogens with one attached hydrogen (secondary N) is 2. The predicted octanol–water partition coefficient (Wildman–Crippen LogP) is 13.3. The van der Waals surface area contributed by atoms with Crippen LogP contribution in [0.4, 0.5) is 0 Å². The summed E-state index contributed by atoms with van der Waals surface area (Å²) >= 11 is 0. The number of carbonyl (C=O) groups is 2. The summed E-state index contributed by atoms with van der Waals surface area (Å²) in [6, 6.07) is 19.6. The topological polar surface area (TPSA) is 278 Å². The number of piperazine rings is 1. The van der Waals surface area contributed by atoms with Crippen LogP contribution in [-0.2, 0) is 10.8 Å². The molecule has 2 fully saturated rings. The van der Waals surface area contributed by atoms with E-state index in [4.69, 9.17) is 44.9 Å². The van der Waals surface area contributed by atoms with Crippen LogP contribution in [0.1, 0.15) is 156 Å². The summed E-state index contributed by atoms with van der Waals surface area (Å²) in [6.07, 6.45) is 4.02. The monoisotopic (exact) mass is 1300 g/mol. The number of aromatic carboxylic acids is 1. The van der Waals surface area contributed by atoms with Gasteiger partial charge >= 0.3 is 5.97 Å². The lowest BCUT2D eigenvalue weighted by Crippen LogP contribution is -2.49. The molecule has 12 rings (SSSR count). The Labute approximate surface area is 561 Å². The van der Waals surface area contributed by atoms with Gasteiger partial charge in [0.15, 0.2) is 0 Å². The van der Waals surface area contributed by atoms with Crippen LogP contribution in [0.2, 0.25) is 0 Å². The number of aliphatic hydroxyl groups is 2. The number of ether oxygens (including phenoxy) is 2. The summed E-state index contributed by atoms with van der Waals surface area (Å²) in [6.45, 7) is 35.0. The van der Waals surface area contributed by atoms with Gasteiger partial charge in [-0.15, -0.1) is 0 Å². The van der Waals surface area contributed by atoms with Crippen LogP contribution in [0.3, 0.4) is 0 Å². The Bertz CT molecular complexity index is 4260. The molecule has 1 amide bonds. The second kappa shape index (κ2) is 32.3. The number of aromatic amines is 2. The van der Waals surface area contributed by atoms with Crippen molar-refractivity contribution < 1.29 is 48.5 Å². The predicted molar refractivity (Wildman–Crippen MR) is 382 cm³/mol. The van der Waals surface area contributed by atoms with Crippen molar-refractivity contribution in [2.45, 2.75) is 142 Å². The Morgan fingerprint density at radius 1 is 0.589 bits per heavy atom. The van der Waals surface area contributed by atoms with Crippen molar-refractivity contribution in [2.75, 3.05) is 79.8 Å². The number of aliphatic hydroxyl groups excluding tert-OH is 2. The molecule has 21 nitrogen and oxygen atoms in total. The van der Waals surface area contributed by atoms with E-state index in [-0.39, 0.29) is 51.8 Å². The summed E-state index contributed by atoms with van der Waals surface area (Å²) in [5.74, 6) is 3.03. The van der Waals surface area contributed by atoms with Crippen LogP contribution in [0.25, 0.3) is 88.6 Å². The fourth-order valence-electron chi connectivity index (χ4n) is 12.2. The summed E-state index contributed by atoms with van der Waals surface area (Å²) in [5.41, 5.74) is 13.7. The van der Waals surface area contributed by atoms with Gasteiger partial charge in [0.1, 0.15) is 46.0 Å².